The van der Waals surface area contributed by atoms with E-state index in [-0.39, 0.29) is 29.7 Å². The maximum Gasteiger partial charge on any atom is 0.337 e. The first-order chi connectivity index (χ1) is 14.8. The monoisotopic (exact) mass is 428 g/mol. The molecule has 1 amide bonds. The van der Waals surface area contributed by atoms with Crippen molar-refractivity contribution in [3.8, 4) is 22.8 Å². The predicted octanol–water partition coefficient (Wildman–Crippen LogP) is 4.65. The number of carbonyl (C=O) groups excluding carboxylic acids is 1. The molecule has 1 aliphatic carbocycles. The summed E-state index contributed by atoms with van der Waals surface area (Å²) in [5.74, 6) is -0.462. The molecule has 0 bridgehead atoms. The molecule has 7 nitrogen and oxygen atoms in total. The first-order valence-electron chi connectivity index (χ1n) is 10.9. The summed E-state index contributed by atoms with van der Waals surface area (Å²) in [5.41, 5.74) is 7.83. The van der Waals surface area contributed by atoms with Crippen LogP contribution in [0.4, 0.5) is 0 Å². The molecule has 2 aromatic rings. The summed E-state index contributed by atoms with van der Waals surface area (Å²) in [6, 6.07) is 6.62. The third kappa shape index (κ3) is 5.21. The number of aromatic nitrogens is 1. The Morgan fingerprint density at radius 3 is 2.55 bits per heavy atom. The Kier molecular flexibility index (Phi) is 7.25. The zero-order valence-electron chi connectivity index (χ0n) is 18.3. The van der Waals surface area contributed by atoms with Gasteiger partial charge in [0.05, 0.1) is 12.7 Å². The number of aromatic hydroxyl groups is 1. The van der Waals surface area contributed by atoms with Crippen LogP contribution in [0, 0.1) is 12.8 Å². The van der Waals surface area contributed by atoms with Crippen LogP contribution in [-0.2, 0) is 4.79 Å². The number of amides is 1. The van der Waals surface area contributed by atoms with E-state index in [9.17, 15) is 19.8 Å². The number of ether oxygens (including phenoxy) is 1. The lowest BCUT2D eigenvalue weighted by Gasteiger charge is -2.30. The molecule has 0 aliphatic heterocycles. The number of phenolic OH excluding ortho intramolecular Hbond substituents is 1. The third-order valence-electron chi connectivity index (χ3n) is 6.42. The molecule has 0 saturated heterocycles. The van der Waals surface area contributed by atoms with E-state index >= 15 is 0 Å². The number of phenols is 1. The molecule has 0 spiro atoms. The van der Waals surface area contributed by atoms with E-state index in [1.165, 1.54) is 26.4 Å². The topological polar surface area (TPSA) is 115 Å². The highest BCUT2D eigenvalue weighted by molar-refractivity contribution is 5.91. The van der Waals surface area contributed by atoms with Gasteiger partial charge in [-0.25, -0.2) is 4.79 Å². The van der Waals surface area contributed by atoms with Crippen molar-refractivity contribution < 1.29 is 24.5 Å². The van der Waals surface area contributed by atoms with Crippen molar-refractivity contribution in [1.29, 1.82) is 0 Å². The smallest absolute Gasteiger partial charge is 0.337 e. The molecule has 168 valence electrons. The van der Waals surface area contributed by atoms with Crippen molar-refractivity contribution in [2.45, 2.75) is 64.3 Å². The number of nitrogens with two attached hydrogens (primary N) is 1. The Morgan fingerprint density at radius 2 is 1.94 bits per heavy atom. The van der Waals surface area contributed by atoms with Crippen LogP contribution < -0.4 is 10.5 Å². The number of carboxylic acid groups (broad SMARTS) is 1. The van der Waals surface area contributed by atoms with E-state index in [4.69, 9.17) is 10.5 Å². The normalized spacial score (nSPS) is 15.5. The fourth-order valence-corrected chi connectivity index (χ4v) is 4.84. The minimum atomic E-state index is -0.991. The molecule has 1 saturated carbocycles. The van der Waals surface area contributed by atoms with E-state index in [0.29, 0.717) is 23.8 Å². The summed E-state index contributed by atoms with van der Waals surface area (Å²) in [6.07, 6.45) is 7.67. The molecule has 1 fully saturated rings. The molecule has 1 aromatic carbocycles. The summed E-state index contributed by atoms with van der Waals surface area (Å²) >= 11 is 0. The predicted molar refractivity (Wildman–Crippen MR) is 118 cm³/mol. The molecular weight excluding hydrogens is 396 g/mol. The van der Waals surface area contributed by atoms with Gasteiger partial charge in [0.25, 0.3) is 0 Å². The maximum absolute atomic E-state index is 11.9. The molecule has 1 aliphatic rings. The lowest BCUT2D eigenvalue weighted by atomic mass is 9.83. The molecule has 1 aromatic heterocycles. The van der Waals surface area contributed by atoms with Crippen LogP contribution in [0.3, 0.4) is 0 Å². The van der Waals surface area contributed by atoms with Gasteiger partial charge >= 0.3 is 5.97 Å². The fourth-order valence-electron chi connectivity index (χ4n) is 4.84. The Balaban J connectivity index is 2.09. The molecule has 31 heavy (non-hydrogen) atoms. The van der Waals surface area contributed by atoms with Crippen LogP contribution in [0.25, 0.3) is 11.3 Å². The van der Waals surface area contributed by atoms with Crippen molar-refractivity contribution in [3.05, 3.63) is 35.5 Å². The van der Waals surface area contributed by atoms with Crippen LogP contribution >= 0.6 is 0 Å². The summed E-state index contributed by atoms with van der Waals surface area (Å²) in [6.45, 7) is 1.81. The van der Waals surface area contributed by atoms with Crippen LogP contribution in [0.1, 0.15) is 73.5 Å². The van der Waals surface area contributed by atoms with Gasteiger partial charge in [-0.1, -0.05) is 32.1 Å². The van der Waals surface area contributed by atoms with E-state index < -0.39 is 5.97 Å². The van der Waals surface area contributed by atoms with Crippen molar-refractivity contribution in [2.75, 3.05) is 7.11 Å². The van der Waals surface area contributed by atoms with Gasteiger partial charge in [-0.2, -0.15) is 0 Å². The number of hydrogen-bond acceptors (Lipinski definition) is 4. The number of aromatic carboxylic acids is 1. The summed E-state index contributed by atoms with van der Waals surface area (Å²) in [4.78, 5) is 23.5. The first kappa shape index (κ1) is 22.7. The maximum atomic E-state index is 11.9. The lowest BCUT2D eigenvalue weighted by Crippen LogP contribution is -2.21. The van der Waals surface area contributed by atoms with E-state index in [2.05, 4.69) is 0 Å². The average molecular weight is 429 g/mol. The van der Waals surface area contributed by atoms with Gasteiger partial charge in [0.1, 0.15) is 0 Å². The number of hydrogen-bond donors (Lipinski definition) is 3. The molecule has 3 rings (SSSR count). The van der Waals surface area contributed by atoms with Gasteiger partial charge in [-0.3, -0.25) is 4.79 Å². The van der Waals surface area contributed by atoms with Crippen molar-refractivity contribution >= 4 is 11.9 Å². The van der Waals surface area contributed by atoms with Gasteiger partial charge < -0.3 is 25.3 Å². The fraction of sp³-hybridized carbons (Fsp3) is 0.500. The number of primary amides is 1. The van der Waals surface area contributed by atoms with Gasteiger partial charge in [-0.05, 0) is 49.9 Å². The minimum Gasteiger partial charge on any atom is -0.504 e. The summed E-state index contributed by atoms with van der Waals surface area (Å²) < 4.78 is 7.30. The van der Waals surface area contributed by atoms with Crippen LogP contribution in [0.5, 0.6) is 11.5 Å². The van der Waals surface area contributed by atoms with Crippen molar-refractivity contribution in [3.63, 3.8) is 0 Å². The van der Waals surface area contributed by atoms with Crippen LogP contribution in [-0.4, -0.2) is 33.8 Å². The highest BCUT2D eigenvalue weighted by atomic mass is 16.5. The molecular formula is C24H32N2O5. The first-order valence-corrected chi connectivity index (χ1v) is 10.9. The number of nitrogens with zero attached hydrogens (tertiary/aromatic N) is 1. The highest BCUT2D eigenvalue weighted by Crippen LogP contribution is 2.39. The minimum absolute atomic E-state index is 0.0204. The number of methoxy groups -OCH3 is 1. The average Bonchev–Trinajstić information content (AvgIpc) is 3.09. The van der Waals surface area contributed by atoms with Gasteiger partial charge in [0, 0.05) is 29.4 Å². The zero-order valence-corrected chi connectivity index (χ0v) is 18.3. The SMILES string of the molecule is COc1cc(-c2cc(C(=O)O)c(C)n2C(CCC(N)=O)CC2CCCCC2)ccc1O. The number of rotatable bonds is 9. The Labute approximate surface area is 182 Å². The number of carboxylic acids is 1. The van der Waals surface area contributed by atoms with E-state index in [0.717, 1.165) is 30.5 Å². The molecule has 4 N–H and O–H groups in total. The highest BCUT2D eigenvalue weighted by Gasteiger charge is 2.27. The standard InChI is InChI=1S/C24H32N2O5/c1-15-19(24(29)30)14-20(17-8-10-21(27)22(13-17)31-2)26(15)18(9-11-23(25)28)12-16-6-4-3-5-7-16/h8,10,13-14,16,18,27H,3-7,9,11-12H2,1-2H3,(H2,25,28)(H,29,30). The third-order valence-corrected chi connectivity index (χ3v) is 6.42. The van der Waals surface area contributed by atoms with Gasteiger partial charge in [0.15, 0.2) is 11.5 Å². The van der Waals surface area contributed by atoms with Gasteiger partial charge in [-0.15, -0.1) is 0 Å². The summed E-state index contributed by atoms with van der Waals surface area (Å²) in [7, 11) is 1.48. The second-order valence-corrected chi connectivity index (χ2v) is 8.49. The molecule has 1 atom stereocenters. The van der Waals surface area contributed by atoms with Crippen molar-refractivity contribution in [2.24, 2.45) is 11.7 Å². The summed E-state index contributed by atoms with van der Waals surface area (Å²) in [5, 5.41) is 19.8. The largest absolute Gasteiger partial charge is 0.504 e. The van der Waals surface area contributed by atoms with Crippen molar-refractivity contribution in [1.82, 2.24) is 4.57 Å². The van der Waals surface area contributed by atoms with Gasteiger partial charge in [0.2, 0.25) is 5.91 Å². The zero-order chi connectivity index (χ0) is 22.5. The molecule has 1 unspecified atom stereocenters. The lowest BCUT2D eigenvalue weighted by molar-refractivity contribution is -0.118. The molecule has 1 heterocycles. The second-order valence-electron chi connectivity index (χ2n) is 8.49. The van der Waals surface area contributed by atoms with Crippen LogP contribution in [0.2, 0.25) is 0 Å². The quantitative estimate of drug-likeness (QED) is 0.538. The second kappa shape index (κ2) is 9.90. The Hall–Kier alpha value is -2.96. The Morgan fingerprint density at radius 1 is 1.23 bits per heavy atom. The number of carbonyl (C=O) groups is 2. The molecule has 0 radical (unpaired) electrons. The van der Waals surface area contributed by atoms with Crippen LogP contribution in [0.15, 0.2) is 24.3 Å². The van der Waals surface area contributed by atoms with E-state index in [1.807, 2.05) is 11.5 Å². The Bertz CT molecular complexity index is 944. The molecule has 7 heteroatoms. The van der Waals surface area contributed by atoms with E-state index in [1.54, 1.807) is 24.3 Å². The number of benzene rings is 1.